The fourth-order valence-electron chi connectivity index (χ4n) is 9.80. The van der Waals surface area contributed by atoms with E-state index in [0.717, 1.165) is 47.6 Å². The molecule has 0 aromatic heterocycles. The van der Waals surface area contributed by atoms with Gasteiger partial charge in [0.05, 0.1) is 17.9 Å². The number of nitrogens with zero attached hydrogens (tertiary/aromatic N) is 1. The zero-order valence-electron chi connectivity index (χ0n) is 25.8. The monoisotopic (exact) mass is 579 g/mol. The van der Waals surface area contributed by atoms with Gasteiger partial charge < -0.3 is 14.3 Å². The van der Waals surface area contributed by atoms with Gasteiger partial charge in [0, 0.05) is 16.9 Å². The molecule has 0 bridgehead atoms. The van der Waals surface area contributed by atoms with Gasteiger partial charge in [-0.2, -0.15) is 0 Å². The second-order valence-electron chi connectivity index (χ2n) is 14.3. The Hall–Kier alpha value is -1.62. The predicted molar refractivity (Wildman–Crippen MR) is 167 cm³/mol. The molecule has 0 spiro atoms. The van der Waals surface area contributed by atoms with E-state index in [9.17, 15) is 0 Å². The SMILES string of the molecule is CC[C@H]1OC(O[C@H]2CC[C@@]3(C)C(=CCC4C3CC[C@@]3(C)C4CC[C@@H]3/C(C)=N/OCc3cccc(Cl)c3)C2)C=C[C@@H]1C. The van der Waals surface area contributed by atoms with Crippen LogP contribution in [0.15, 0.2) is 53.2 Å². The van der Waals surface area contributed by atoms with Gasteiger partial charge in [-0.3, -0.25) is 0 Å². The number of hydrogen-bond donors (Lipinski definition) is 0. The average Bonchev–Trinajstić information content (AvgIpc) is 3.31. The van der Waals surface area contributed by atoms with Crippen LogP contribution >= 0.6 is 11.6 Å². The molecule has 1 aromatic rings. The molecule has 6 rings (SSSR count). The van der Waals surface area contributed by atoms with Gasteiger partial charge in [-0.15, -0.1) is 0 Å². The van der Waals surface area contributed by atoms with Gasteiger partial charge in [0.25, 0.3) is 0 Å². The average molecular weight is 580 g/mol. The molecule has 4 nitrogen and oxygen atoms in total. The molecular weight excluding hydrogens is 530 g/mol. The quantitative estimate of drug-likeness (QED) is 0.183. The normalized spacial score (nSPS) is 42.2. The van der Waals surface area contributed by atoms with Crippen LogP contribution in [0.25, 0.3) is 0 Å². The van der Waals surface area contributed by atoms with Crippen LogP contribution in [0.4, 0.5) is 0 Å². The summed E-state index contributed by atoms with van der Waals surface area (Å²) in [5, 5.41) is 5.39. The van der Waals surface area contributed by atoms with E-state index in [2.05, 4.69) is 58.0 Å². The molecule has 0 N–H and O–H groups in total. The van der Waals surface area contributed by atoms with Crippen molar-refractivity contribution in [3.05, 3.63) is 58.7 Å². The van der Waals surface area contributed by atoms with Crippen molar-refractivity contribution in [2.24, 2.45) is 45.6 Å². The van der Waals surface area contributed by atoms with Crippen molar-refractivity contribution in [3.8, 4) is 0 Å². The summed E-state index contributed by atoms with van der Waals surface area (Å²) in [6, 6.07) is 7.85. The molecule has 4 aliphatic carbocycles. The van der Waals surface area contributed by atoms with Crippen LogP contribution < -0.4 is 0 Å². The Morgan fingerprint density at radius 3 is 2.76 bits per heavy atom. The zero-order valence-corrected chi connectivity index (χ0v) is 26.5. The van der Waals surface area contributed by atoms with Crippen LogP contribution in [0.1, 0.15) is 98.0 Å². The van der Waals surface area contributed by atoms with Gasteiger partial charge in [0.2, 0.25) is 0 Å². The van der Waals surface area contributed by atoms with Gasteiger partial charge >= 0.3 is 0 Å². The lowest BCUT2D eigenvalue weighted by Gasteiger charge is -2.58. The van der Waals surface area contributed by atoms with Gasteiger partial charge in [-0.05, 0) is 117 Å². The molecule has 1 aromatic carbocycles. The standard InChI is InChI=1S/C36H50ClNO3/c1-6-33-23(2)10-15-34(41-33)40-28-16-18-35(4)26(21-28)11-12-29-31-14-13-30(36(31,5)19-17-32(29)35)24(3)38-39-22-25-8-7-9-27(37)20-25/h7-11,15,20,23,28-34H,6,12-14,16-19,21-22H2,1-5H3/b38-24+/t23-,28-,29?,30+,31?,32?,33+,34?,35-,36+/m0/s1. The van der Waals surface area contributed by atoms with E-state index in [1.807, 2.05) is 24.3 Å². The Bertz CT molecular complexity index is 1190. The third kappa shape index (κ3) is 5.58. The van der Waals surface area contributed by atoms with Crippen molar-refractivity contribution in [3.63, 3.8) is 0 Å². The van der Waals surface area contributed by atoms with Crippen LogP contribution in [0.5, 0.6) is 0 Å². The summed E-state index contributed by atoms with van der Waals surface area (Å²) in [7, 11) is 0. The van der Waals surface area contributed by atoms with Crippen molar-refractivity contribution in [2.75, 3.05) is 0 Å². The molecule has 3 saturated carbocycles. The minimum Gasteiger partial charge on any atom is -0.391 e. The van der Waals surface area contributed by atoms with Crippen LogP contribution in [0.3, 0.4) is 0 Å². The first-order valence-electron chi connectivity index (χ1n) is 16.3. The van der Waals surface area contributed by atoms with E-state index in [4.69, 9.17) is 25.9 Å². The highest BCUT2D eigenvalue weighted by atomic mass is 35.5. The van der Waals surface area contributed by atoms with Crippen LogP contribution in [-0.4, -0.2) is 24.2 Å². The van der Waals surface area contributed by atoms with Crippen LogP contribution in [-0.2, 0) is 20.9 Å². The van der Waals surface area contributed by atoms with E-state index < -0.39 is 0 Å². The maximum atomic E-state index is 6.55. The zero-order chi connectivity index (χ0) is 28.8. The van der Waals surface area contributed by atoms with Crippen LogP contribution in [0.2, 0.25) is 5.02 Å². The van der Waals surface area contributed by atoms with Gasteiger partial charge in [0.1, 0.15) is 6.61 Å². The van der Waals surface area contributed by atoms with E-state index in [1.54, 1.807) is 5.57 Å². The molecule has 1 heterocycles. The third-order valence-electron chi connectivity index (χ3n) is 12.1. The summed E-state index contributed by atoms with van der Waals surface area (Å²) in [5.74, 6) is 3.31. The Labute approximate surface area is 252 Å². The molecule has 0 radical (unpaired) electrons. The van der Waals surface area contributed by atoms with Gasteiger partial charge in [-0.25, -0.2) is 0 Å². The summed E-state index contributed by atoms with van der Waals surface area (Å²) in [5.41, 5.74) is 4.53. The predicted octanol–water partition coefficient (Wildman–Crippen LogP) is 9.52. The van der Waals surface area contributed by atoms with E-state index >= 15 is 0 Å². The van der Waals surface area contributed by atoms with Crippen molar-refractivity contribution >= 4 is 17.3 Å². The highest BCUT2D eigenvalue weighted by Gasteiger charge is 2.59. The maximum Gasteiger partial charge on any atom is 0.177 e. The number of halogens is 1. The topological polar surface area (TPSA) is 40.0 Å². The summed E-state index contributed by atoms with van der Waals surface area (Å²) < 4.78 is 12.8. The van der Waals surface area contributed by atoms with Crippen molar-refractivity contribution in [2.45, 2.75) is 118 Å². The molecule has 224 valence electrons. The first-order valence-corrected chi connectivity index (χ1v) is 16.7. The maximum absolute atomic E-state index is 6.55. The second-order valence-corrected chi connectivity index (χ2v) is 14.7. The summed E-state index contributed by atoms with van der Waals surface area (Å²) >= 11 is 6.14. The number of fused-ring (bicyclic) bond motifs is 5. The Kier molecular flexibility index (Phi) is 8.48. The lowest BCUT2D eigenvalue weighted by atomic mass is 9.47. The summed E-state index contributed by atoms with van der Waals surface area (Å²) in [6.07, 6.45) is 18.3. The van der Waals surface area contributed by atoms with Crippen LogP contribution in [0, 0.1) is 40.4 Å². The number of allylic oxidation sites excluding steroid dienone is 1. The highest BCUT2D eigenvalue weighted by Crippen LogP contribution is 2.66. The molecule has 10 atom stereocenters. The van der Waals surface area contributed by atoms with Crippen molar-refractivity contribution in [1.29, 1.82) is 0 Å². The molecule has 0 saturated heterocycles. The van der Waals surface area contributed by atoms with E-state index in [-0.39, 0.29) is 18.5 Å². The number of hydrogen-bond acceptors (Lipinski definition) is 4. The highest BCUT2D eigenvalue weighted by molar-refractivity contribution is 6.30. The number of oxime groups is 1. The largest absolute Gasteiger partial charge is 0.391 e. The molecular formula is C36H50ClNO3. The second kappa shape index (κ2) is 11.8. The smallest absolute Gasteiger partial charge is 0.177 e. The fourth-order valence-corrected chi connectivity index (χ4v) is 10.0. The van der Waals surface area contributed by atoms with Gasteiger partial charge in [-0.1, -0.05) is 74.3 Å². The Morgan fingerprint density at radius 1 is 1.10 bits per heavy atom. The third-order valence-corrected chi connectivity index (χ3v) is 12.3. The molecule has 41 heavy (non-hydrogen) atoms. The van der Waals surface area contributed by atoms with Crippen molar-refractivity contribution in [1.82, 2.24) is 0 Å². The number of ether oxygens (including phenoxy) is 2. The first-order chi connectivity index (χ1) is 19.7. The van der Waals surface area contributed by atoms with Gasteiger partial charge in [0.15, 0.2) is 6.29 Å². The minimum atomic E-state index is -0.187. The first kappa shape index (κ1) is 29.5. The molecule has 5 aliphatic rings. The number of benzene rings is 1. The lowest BCUT2D eigenvalue weighted by Crippen LogP contribution is -2.51. The van der Waals surface area contributed by atoms with E-state index in [1.165, 1.54) is 44.2 Å². The number of rotatable bonds is 7. The summed E-state index contributed by atoms with van der Waals surface area (Å²) in [4.78, 5) is 5.84. The molecule has 1 aliphatic heterocycles. The van der Waals surface area contributed by atoms with E-state index in [0.29, 0.717) is 29.3 Å². The fraction of sp³-hybridized carbons (Fsp3) is 0.694. The minimum absolute atomic E-state index is 0.187. The summed E-state index contributed by atoms with van der Waals surface area (Å²) in [6.45, 7) is 12.3. The molecule has 0 amide bonds. The molecule has 4 unspecified atom stereocenters. The lowest BCUT2D eigenvalue weighted by molar-refractivity contribution is -0.188. The molecule has 3 fully saturated rings. The Morgan fingerprint density at radius 2 is 1.95 bits per heavy atom. The Balaban J connectivity index is 1.10. The van der Waals surface area contributed by atoms with Crippen molar-refractivity contribution < 1.29 is 14.3 Å². The molecule has 5 heteroatoms.